The van der Waals surface area contributed by atoms with Crippen LogP contribution in [0.3, 0.4) is 0 Å². The number of ether oxygens (including phenoxy) is 1. The minimum Gasteiger partial charge on any atom is -0.456 e. The number of amides is 1. The van der Waals surface area contributed by atoms with Crippen LogP contribution in [0.1, 0.15) is 13.8 Å². The standard InChI is InChI=1S/C7H13NO4/c1-5(2)12-7(11)6(10)8-3-4-9/h5,9H,3-4H2,1-2H3,(H,8,10). The summed E-state index contributed by atoms with van der Waals surface area (Å²) in [5.74, 6) is -1.74. The van der Waals surface area contributed by atoms with Crippen LogP contribution in [0.4, 0.5) is 0 Å². The molecule has 5 nitrogen and oxygen atoms in total. The van der Waals surface area contributed by atoms with E-state index in [-0.39, 0.29) is 19.3 Å². The monoisotopic (exact) mass is 175 g/mol. The van der Waals surface area contributed by atoms with Gasteiger partial charge < -0.3 is 15.2 Å². The Balaban J connectivity index is 3.70. The Kier molecular flexibility index (Phi) is 5.03. The summed E-state index contributed by atoms with van der Waals surface area (Å²) in [5.41, 5.74) is 0. The molecule has 0 rings (SSSR count). The Morgan fingerprint density at radius 1 is 1.50 bits per heavy atom. The fourth-order valence-corrected chi connectivity index (χ4v) is 0.509. The number of aliphatic hydroxyl groups excluding tert-OH is 1. The van der Waals surface area contributed by atoms with Crippen LogP contribution in [-0.2, 0) is 14.3 Å². The van der Waals surface area contributed by atoms with Gasteiger partial charge in [0.2, 0.25) is 0 Å². The lowest BCUT2D eigenvalue weighted by Crippen LogP contribution is -2.35. The summed E-state index contributed by atoms with van der Waals surface area (Å²) in [6.07, 6.45) is -0.308. The summed E-state index contributed by atoms with van der Waals surface area (Å²) in [4.78, 5) is 21.5. The predicted molar refractivity (Wildman–Crippen MR) is 41.3 cm³/mol. The lowest BCUT2D eigenvalue weighted by molar-refractivity contribution is -0.157. The van der Waals surface area contributed by atoms with Gasteiger partial charge in [0.15, 0.2) is 0 Å². The van der Waals surface area contributed by atoms with Gasteiger partial charge in [-0.25, -0.2) is 4.79 Å². The molecular formula is C7H13NO4. The van der Waals surface area contributed by atoms with Crippen LogP contribution >= 0.6 is 0 Å². The smallest absolute Gasteiger partial charge is 0.397 e. The van der Waals surface area contributed by atoms with Gasteiger partial charge in [-0.3, -0.25) is 4.79 Å². The topological polar surface area (TPSA) is 75.6 Å². The normalized spacial score (nSPS) is 9.67. The second-order valence-electron chi connectivity index (χ2n) is 2.43. The van der Waals surface area contributed by atoms with Crippen LogP contribution in [0.5, 0.6) is 0 Å². The molecule has 0 heterocycles. The number of hydrogen-bond acceptors (Lipinski definition) is 4. The molecule has 0 aromatic heterocycles. The van der Waals surface area contributed by atoms with Crippen LogP contribution in [0.2, 0.25) is 0 Å². The van der Waals surface area contributed by atoms with Crippen LogP contribution in [-0.4, -0.2) is 36.2 Å². The molecule has 0 aliphatic rings. The minimum absolute atomic E-state index is 0.0615. The van der Waals surface area contributed by atoms with E-state index in [4.69, 9.17) is 5.11 Å². The number of esters is 1. The first-order valence-corrected chi connectivity index (χ1v) is 3.67. The summed E-state index contributed by atoms with van der Waals surface area (Å²) >= 11 is 0. The van der Waals surface area contributed by atoms with Gasteiger partial charge in [-0.1, -0.05) is 0 Å². The van der Waals surface area contributed by atoms with Crippen molar-refractivity contribution in [2.45, 2.75) is 20.0 Å². The average molecular weight is 175 g/mol. The van der Waals surface area contributed by atoms with Crippen LogP contribution < -0.4 is 5.32 Å². The maximum absolute atomic E-state index is 10.7. The third kappa shape index (κ3) is 4.68. The molecule has 0 spiro atoms. The molecular weight excluding hydrogens is 162 g/mol. The zero-order valence-corrected chi connectivity index (χ0v) is 7.16. The van der Waals surface area contributed by atoms with E-state index >= 15 is 0 Å². The predicted octanol–water partition coefficient (Wildman–Crippen LogP) is -0.953. The van der Waals surface area contributed by atoms with Gasteiger partial charge in [0.1, 0.15) is 0 Å². The molecule has 0 unspecified atom stereocenters. The zero-order chi connectivity index (χ0) is 9.56. The lowest BCUT2D eigenvalue weighted by atomic mass is 10.5. The number of aliphatic hydroxyl groups is 1. The SMILES string of the molecule is CC(C)OC(=O)C(=O)NCCO. The zero-order valence-electron chi connectivity index (χ0n) is 7.16. The average Bonchev–Trinajstić information content (AvgIpc) is 1.98. The Morgan fingerprint density at radius 2 is 2.08 bits per heavy atom. The molecule has 0 aliphatic heterocycles. The molecule has 5 heteroatoms. The van der Waals surface area contributed by atoms with Gasteiger partial charge >= 0.3 is 11.9 Å². The molecule has 0 aromatic carbocycles. The summed E-state index contributed by atoms with van der Waals surface area (Å²) in [6, 6.07) is 0. The van der Waals surface area contributed by atoms with Crippen molar-refractivity contribution in [1.29, 1.82) is 0 Å². The fourth-order valence-electron chi connectivity index (χ4n) is 0.509. The van der Waals surface area contributed by atoms with Crippen molar-refractivity contribution >= 4 is 11.9 Å². The first-order chi connectivity index (χ1) is 5.57. The van der Waals surface area contributed by atoms with Gasteiger partial charge in [0, 0.05) is 6.54 Å². The van der Waals surface area contributed by atoms with Crippen molar-refractivity contribution in [2.24, 2.45) is 0 Å². The van der Waals surface area contributed by atoms with E-state index in [9.17, 15) is 9.59 Å². The molecule has 0 bridgehead atoms. The minimum atomic E-state index is -0.918. The van der Waals surface area contributed by atoms with E-state index in [2.05, 4.69) is 10.1 Å². The number of rotatable bonds is 3. The maximum atomic E-state index is 10.7. The molecule has 0 fully saturated rings. The Bertz CT molecular complexity index is 167. The molecule has 0 aromatic rings. The molecule has 0 saturated heterocycles. The Morgan fingerprint density at radius 3 is 2.50 bits per heavy atom. The first kappa shape index (κ1) is 10.9. The van der Waals surface area contributed by atoms with Gasteiger partial charge in [-0.15, -0.1) is 0 Å². The second-order valence-corrected chi connectivity index (χ2v) is 2.43. The quantitative estimate of drug-likeness (QED) is 0.428. The van der Waals surface area contributed by atoms with Gasteiger partial charge in [-0.2, -0.15) is 0 Å². The van der Waals surface area contributed by atoms with Crippen molar-refractivity contribution in [3.8, 4) is 0 Å². The van der Waals surface area contributed by atoms with Crippen LogP contribution in [0.25, 0.3) is 0 Å². The van der Waals surface area contributed by atoms with E-state index in [0.717, 1.165) is 0 Å². The highest BCUT2D eigenvalue weighted by Crippen LogP contribution is 1.88. The Hall–Kier alpha value is -1.10. The fraction of sp³-hybridized carbons (Fsp3) is 0.714. The molecule has 70 valence electrons. The van der Waals surface area contributed by atoms with Crippen LogP contribution in [0.15, 0.2) is 0 Å². The molecule has 0 atom stereocenters. The summed E-state index contributed by atoms with van der Waals surface area (Å²) < 4.78 is 4.58. The molecule has 0 radical (unpaired) electrons. The highest BCUT2D eigenvalue weighted by molar-refractivity contribution is 6.32. The third-order valence-corrected chi connectivity index (χ3v) is 0.925. The largest absolute Gasteiger partial charge is 0.456 e. The maximum Gasteiger partial charge on any atom is 0.397 e. The first-order valence-electron chi connectivity index (χ1n) is 3.67. The van der Waals surface area contributed by atoms with Gasteiger partial charge in [-0.05, 0) is 13.8 Å². The molecule has 1 amide bonds. The van der Waals surface area contributed by atoms with Crippen molar-refractivity contribution in [1.82, 2.24) is 5.32 Å². The number of carbonyl (C=O) groups is 2. The van der Waals surface area contributed by atoms with E-state index < -0.39 is 11.9 Å². The third-order valence-electron chi connectivity index (χ3n) is 0.925. The number of carbonyl (C=O) groups excluding carboxylic acids is 2. The lowest BCUT2D eigenvalue weighted by Gasteiger charge is -2.06. The van der Waals surface area contributed by atoms with E-state index in [1.54, 1.807) is 13.8 Å². The van der Waals surface area contributed by atoms with Gasteiger partial charge in [0.05, 0.1) is 12.7 Å². The summed E-state index contributed by atoms with van der Waals surface area (Å²) in [7, 11) is 0. The van der Waals surface area contributed by atoms with Crippen molar-refractivity contribution in [2.75, 3.05) is 13.2 Å². The van der Waals surface area contributed by atoms with Crippen LogP contribution in [0, 0.1) is 0 Å². The summed E-state index contributed by atoms with van der Waals surface area (Å²) in [5, 5.41) is 10.5. The molecule has 2 N–H and O–H groups in total. The van der Waals surface area contributed by atoms with Crippen molar-refractivity contribution < 1.29 is 19.4 Å². The van der Waals surface area contributed by atoms with E-state index in [0.29, 0.717) is 0 Å². The van der Waals surface area contributed by atoms with Crippen molar-refractivity contribution in [3.05, 3.63) is 0 Å². The second kappa shape index (κ2) is 5.54. The summed E-state index contributed by atoms with van der Waals surface area (Å²) in [6.45, 7) is 3.17. The highest BCUT2D eigenvalue weighted by atomic mass is 16.5. The number of hydrogen-bond donors (Lipinski definition) is 2. The van der Waals surface area contributed by atoms with E-state index in [1.807, 2.05) is 0 Å². The Labute approximate surface area is 70.7 Å². The highest BCUT2D eigenvalue weighted by Gasteiger charge is 2.15. The molecule has 0 saturated carbocycles. The van der Waals surface area contributed by atoms with E-state index in [1.165, 1.54) is 0 Å². The van der Waals surface area contributed by atoms with Gasteiger partial charge in [0.25, 0.3) is 0 Å². The molecule has 0 aliphatic carbocycles. The molecule has 12 heavy (non-hydrogen) atoms. The van der Waals surface area contributed by atoms with Crippen molar-refractivity contribution in [3.63, 3.8) is 0 Å². The number of nitrogens with one attached hydrogen (secondary N) is 1.